The molecule has 2 unspecified atom stereocenters. The van der Waals surface area contributed by atoms with Gasteiger partial charge < -0.3 is 5.32 Å². The fraction of sp³-hybridized carbons (Fsp3) is 0.545. The van der Waals surface area contributed by atoms with Gasteiger partial charge in [-0.2, -0.15) is 11.8 Å². The minimum atomic E-state index is 0.688. The van der Waals surface area contributed by atoms with Crippen molar-refractivity contribution in [2.75, 3.05) is 11.5 Å². The predicted octanol–water partition coefficient (Wildman–Crippen LogP) is 1.92. The summed E-state index contributed by atoms with van der Waals surface area (Å²) in [6, 6.07) is 4.83. The number of nitrogens with one attached hydrogen (secondary N) is 1. The van der Waals surface area contributed by atoms with Crippen LogP contribution in [0.3, 0.4) is 0 Å². The van der Waals surface area contributed by atoms with Gasteiger partial charge in [-0.15, -0.1) is 0 Å². The van der Waals surface area contributed by atoms with Gasteiger partial charge in [0.1, 0.15) is 0 Å². The molecule has 76 valence electrons. The summed E-state index contributed by atoms with van der Waals surface area (Å²) >= 11 is 2.05. The van der Waals surface area contributed by atoms with Gasteiger partial charge in [-0.3, -0.25) is 4.98 Å². The molecule has 0 aliphatic carbocycles. The van der Waals surface area contributed by atoms with Crippen molar-refractivity contribution in [3.8, 4) is 0 Å². The van der Waals surface area contributed by atoms with Crippen LogP contribution in [0, 0.1) is 5.92 Å². The molecule has 0 aromatic carbocycles. The molecule has 1 aromatic heterocycles. The van der Waals surface area contributed by atoms with Crippen molar-refractivity contribution < 1.29 is 0 Å². The molecule has 2 heterocycles. The van der Waals surface area contributed by atoms with E-state index < -0.39 is 0 Å². The first-order valence-corrected chi connectivity index (χ1v) is 6.22. The maximum absolute atomic E-state index is 4.01. The van der Waals surface area contributed by atoms with Gasteiger partial charge in [-0.05, 0) is 29.4 Å². The minimum Gasteiger partial charge on any atom is -0.309 e. The second kappa shape index (κ2) is 4.80. The third-order valence-electron chi connectivity index (χ3n) is 2.68. The Kier molecular flexibility index (Phi) is 3.43. The van der Waals surface area contributed by atoms with Crippen LogP contribution in [0.2, 0.25) is 0 Å². The highest BCUT2D eigenvalue weighted by molar-refractivity contribution is 7.99. The number of hydrogen-bond acceptors (Lipinski definition) is 3. The van der Waals surface area contributed by atoms with E-state index in [1.54, 1.807) is 0 Å². The van der Waals surface area contributed by atoms with Crippen molar-refractivity contribution in [2.45, 2.75) is 19.5 Å². The van der Waals surface area contributed by atoms with Gasteiger partial charge in [0.05, 0.1) is 0 Å². The molecule has 1 fully saturated rings. The van der Waals surface area contributed by atoms with Crippen LogP contribution in [0.4, 0.5) is 0 Å². The Balaban J connectivity index is 1.82. The van der Waals surface area contributed by atoms with E-state index in [1.165, 1.54) is 17.1 Å². The maximum atomic E-state index is 4.01. The van der Waals surface area contributed by atoms with Gasteiger partial charge >= 0.3 is 0 Å². The van der Waals surface area contributed by atoms with Crippen molar-refractivity contribution in [1.82, 2.24) is 10.3 Å². The van der Waals surface area contributed by atoms with E-state index in [9.17, 15) is 0 Å². The Morgan fingerprint density at radius 1 is 1.43 bits per heavy atom. The molecule has 0 radical (unpaired) electrons. The minimum absolute atomic E-state index is 0.688. The Morgan fingerprint density at radius 3 is 2.86 bits per heavy atom. The van der Waals surface area contributed by atoms with Gasteiger partial charge in [0.15, 0.2) is 0 Å². The fourth-order valence-electron chi connectivity index (χ4n) is 1.67. The highest BCUT2D eigenvalue weighted by atomic mass is 32.2. The number of hydrogen-bond donors (Lipinski definition) is 1. The first kappa shape index (κ1) is 9.99. The summed E-state index contributed by atoms with van der Waals surface area (Å²) in [6.07, 6.45) is 3.70. The van der Waals surface area contributed by atoms with E-state index in [2.05, 4.69) is 41.1 Å². The lowest BCUT2D eigenvalue weighted by molar-refractivity contribution is 0.453. The summed E-state index contributed by atoms with van der Waals surface area (Å²) in [4.78, 5) is 4.01. The molecule has 1 aromatic rings. The summed E-state index contributed by atoms with van der Waals surface area (Å²) in [5.41, 5.74) is 1.32. The Bertz CT molecular complexity index is 276. The second-order valence-corrected chi connectivity index (χ2v) is 4.93. The molecule has 0 saturated carbocycles. The normalized spacial score (nSPS) is 26.6. The molecule has 3 heteroatoms. The molecule has 14 heavy (non-hydrogen) atoms. The van der Waals surface area contributed by atoms with Gasteiger partial charge in [0.25, 0.3) is 0 Å². The van der Waals surface area contributed by atoms with E-state index >= 15 is 0 Å². The lowest BCUT2D eigenvalue weighted by Crippen LogP contribution is -2.33. The van der Waals surface area contributed by atoms with Crippen LogP contribution in [0.1, 0.15) is 12.5 Å². The van der Waals surface area contributed by atoms with Crippen molar-refractivity contribution >= 4 is 11.8 Å². The van der Waals surface area contributed by atoms with Crippen LogP contribution >= 0.6 is 11.8 Å². The molecule has 0 amide bonds. The van der Waals surface area contributed by atoms with Crippen LogP contribution in [0.15, 0.2) is 24.5 Å². The van der Waals surface area contributed by atoms with Crippen LogP contribution in [0.25, 0.3) is 0 Å². The average molecular weight is 208 g/mol. The molecule has 1 aliphatic rings. The van der Waals surface area contributed by atoms with Gasteiger partial charge in [-0.1, -0.05) is 6.92 Å². The Hall–Kier alpha value is -0.540. The predicted molar refractivity (Wildman–Crippen MR) is 61.4 cm³/mol. The lowest BCUT2D eigenvalue weighted by atomic mass is 10.1. The summed E-state index contributed by atoms with van der Waals surface area (Å²) in [5, 5.41) is 3.60. The maximum Gasteiger partial charge on any atom is 0.0271 e. The van der Waals surface area contributed by atoms with Gasteiger partial charge in [0.2, 0.25) is 0 Å². The lowest BCUT2D eigenvalue weighted by Gasteiger charge is -2.16. The number of pyridine rings is 1. The zero-order valence-corrected chi connectivity index (χ0v) is 9.26. The first-order valence-electron chi connectivity index (χ1n) is 5.06. The van der Waals surface area contributed by atoms with Crippen molar-refractivity contribution in [3.05, 3.63) is 30.1 Å². The monoisotopic (exact) mass is 208 g/mol. The van der Waals surface area contributed by atoms with E-state index in [0.717, 1.165) is 12.5 Å². The largest absolute Gasteiger partial charge is 0.309 e. The van der Waals surface area contributed by atoms with Crippen LogP contribution in [-0.2, 0) is 6.54 Å². The van der Waals surface area contributed by atoms with E-state index in [4.69, 9.17) is 0 Å². The van der Waals surface area contributed by atoms with E-state index in [0.29, 0.717) is 6.04 Å². The molecular formula is C11H16N2S. The van der Waals surface area contributed by atoms with Crippen molar-refractivity contribution in [1.29, 1.82) is 0 Å². The standard InChI is InChI=1S/C11H16N2S/c1-9-7-14-8-11(9)13-6-10-2-4-12-5-3-10/h2-5,9,11,13H,6-8H2,1H3. The quantitative estimate of drug-likeness (QED) is 0.821. The van der Waals surface area contributed by atoms with Crippen molar-refractivity contribution in [3.63, 3.8) is 0 Å². The zero-order chi connectivity index (χ0) is 9.80. The van der Waals surface area contributed by atoms with Crippen LogP contribution in [0.5, 0.6) is 0 Å². The second-order valence-electron chi connectivity index (χ2n) is 3.86. The molecule has 2 rings (SSSR count). The third-order valence-corrected chi connectivity index (χ3v) is 4.04. The molecule has 1 N–H and O–H groups in total. The summed E-state index contributed by atoms with van der Waals surface area (Å²) in [7, 11) is 0. The topological polar surface area (TPSA) is 24.9 Å². The summed E-state index contributed by atoms with van der Waals surface area (Å²) in [5.74, 6) is 3.36. The van der Waals surface area contributed by atoms with E-state index in [1.807, 2.05) is 12.4 Å². The van der Waals surface area contributed by atoms with Gasteiger partial charge in [0, 0.05) is 30.7 Å². The van der Waals surface area contributed by atoms with Crippen molar-refractivity contribution in [2.24, 2.45) is 5.92 Å². The van der Waals surface area contributed by atoms with Gasteiger partial charge in [-0.25, -0.2) is 0 Å². The zero-order valence-electron chi connectivity index (χ0n) is 8.44. The SMILES string of the molecule is CC1CSCC1NCc1ccncc1. The number of rotatable bonds is 3. The molecule has 1 saturated heterocycles. The molecule has 0 bridgehead atoms. The molecule has 2 nitrogen and oxygen atoms in total. The first-order chi connectivity index (χ1) is 6.86. The number of nitrogens with zero attached hydrogens (tertiary/aromatic N) is 1. The van der Waals surface area contributed by atoms with Crippen LogP contribution in [-0.4, -0.2) is 22.5 Å². The van der Waals surface area contributed by atoms with E-state index in [-0.39, 0.29) is 0 Å². The summed E-state index contributed by atoms with van der Waals surface area (Å²) < 4.78 is 0. The molecule has 2 atom stereocenters. The highest BCUT2D eigenvalue weighted by Gasteiger charge is 2.22. The number of aromatic nitrogens is 1. The molecule has 1 aliphatic heterocycles. The fourth-order valence-corrected chi connectivity index (χ4v) is 3.11. The average Bonchev–Trinajstić information content (AvgIpc) is 2.63. The molecule has 0 spiro atoms. The number of thioether (sulfide) groups is 1. The Morgan fingerprint density at radius 2 is 2.21 bits per heavy atom. The highest BCUT2D eigenvalue weighted by Crippen LogP contribution is 2.23. The summed E-state index contributed by atoms with van der Waals surface area (Å²) in [6.45, 7) is 3.29. The smallest absolute Gasteiger partial charge is 0.0271 e. The Labute approximate surface area is 89.5 Å². The van der Waals surface area contributed by atoms with Crippen LogP contribution < -0.4 is 5.32 Å². The third kappa shape index (κ3) is 2.49. The molecular weight excluding hydrogens is 192 g/mol.